The summed E-state index contributed by atoms with van der Waals surface area (Å²) < 4.78 is 48.7. The Morgan fingerprint density at radius 1 is 1.14 bits per heavy atom. The van der Waals surface area contributed by atoms with Gasteiger partial charge in [-0.25, -0.2) is 9.78 Å². The molecule has 1 saturated carbocycles. The molecule has 2 aromatic carbocycles. The maximum atomic E-state index is 12.5. The topological polar surface area (TPSA) is 65.4 Å². The molecular formula is C25H27ClF3N3O3. The summed E-state index contributed by atoms with van der Waals surface area (Å²) in [6.45, 7) is 6.39. The van der Waals surface area contributed by atoms with Crippen LogP contribution in [0.2, 0.25) is 5.02 Å². The lowest BCUT2D eigenvalue weighted by atomic mass is 9.80. The Morgan fingerprint density at radius 3 is 2.40 bits per heavy atom. The molecule has 0 amide bonds. The average Bonchev–Trinajstić information content (AvgIpc) is 3.09. The Hall–Kier alpha value is -2.94. The van der Waals surface area contributed by atoms with Gasteiger partial charge in [-0.2, -0.15) is 0 Å². The molecule has 1 heterocycles. The van der Waals surface area contributed by atoms with Crippen LogP contribution >= 0.6 is 11.6 Å². The normalized spacial score (nSPS) is 20.6. The minimum absolute atomic E-state index is 0.138. The monoisotopic (exact) mass is 509 g/mol. The van der Waals surface area contributed by atoms with Gasteiger partial charge in [0, 0.05) is 11.7 Å². The number of carbonyl (C=O) groups is 1. The Bertz CT molecular complexity index is 1200. The van der Waals surface area contributed by atoms with Gasteiger partial charge in [0.2, 0.25) is 5.95 Å². The van der Waals surface area contributed by atoms with Crippen molar-refractivity contribution in [1.29, 1.82) is 0 Å². The number of rotatable bonds is 6. The molecule has 0 aliphatic heterocycles. The number of carbonyl (C=O) groups excluding carboxylic acids is 1. The minimum atomic E-state index is -4.76. The highest BCUT2D eigenvalue weighted by Crippen LogP contribution is 2.41. The number of alkyl halides is 3. The molecule has 0 spiro atoms. The van der Waals surface area contributed by atoms with Crippen LogP contribution in [0.5, 0.6) is 5.75 Å². The van der Waals surface area contributed by atoms with Gasteiger partial charge in [0.1, 0.15) is 5.75 Å². The second-order valence-corrected chi connectivity index (χ2v) is 9.52. The second-order valence-electron chi connectivity index (χ2n) is 9.12. The Kier molecular flexibility index (Phi) is 7.17. The fraction of sp³-hybridized carbons (Fsp3) is 0.440. The maximum absolute atomic E-state index is 12.5. The van der Waals surface area contributed by atoms with Crippen molar-refractivity contribution in [2.45, 2.75) is 52.4 Å². The number of ether oxygens (including phenoxy) is 2. The molecule has 4 rings (SSSR count). The number of aromatic nitrogens is 2. The number of imidazole rings is 1. The first-order valence-corrected chi connectivity index (χ1v) is 11.9. The van der Waals surface area contributed by atoms with Crippen molar-refractivity contribution in [3.63, 3.8) is 0 Å². The molecule has 6 nitrogen and oxygen atoms in total. The minimum Gasteiger partial charge on any atom is -0.462 e. The molecule has 3 aromatic rings. The lowest BCUT2D eigenvalue weighted by molar-refractivity contribution is -0.274. The number of fused-ring (bicyclic) bond motifs is 1. The SMILES string of the molecule is CCOC(=O)c1cc2nc(Nc3ccc(OC(F)(F)F)cc3)n(C3CC(C)CC(C)C3)c2cc1Cl. The van der Waals surface area contributed by atoms with Crippen molar-refractivity contribution >= 4 is 40.2 Å². The summed E-state index contributed by atoms with van der Waals surface area (Å²) >= 11 is 6.47. The van der Waals surface area contributed by atoms with Gasteiger partial charge < -0.3 is 19.4 Å². The number of esters is 1. The lowest BCUT2D eigenvalue weighted by Crippen LogP contribution is -2.23. The van der Waals surface area contributed by atoms with Gasteiger partial charge in [-0.3, -0.25) is 0 Å². The summed E-state index contributed by atoms with van der Waals surface area (Å²) in [5.74, 6) is 0.720. The third-order valence-corrected chi connectivity index (χ3v) is 6.45. The number of hydrogen-bond donors (Lipinski definition) is 1. The summed E-state index contributed by atoms with van der Waals surface area (Å²) in [5.41, 5.74) is 2.12. The predicted octanol–water partition coefficient (Wildman–Crippen LogP) is 7.51. The van der Waals surface area contributed by atoms with Gasteiger partial charge in [0.25, 0.3) is 0 Å². The zero-order valence-corrected chi connectivity index (χ0v) is 20.4. The first kappa shape index (κ1) is 25.2. The van der Waals surface area contributed by atoms with Crippen LogP contribution in [-0.4, -0.2) is 28.5 Å². The molecule has 35 heavy (non-hydrogen) atoms. The van der Waals surface area contributed by atoms with Gasteiger partial charge in [-0.1, -0.05) is 25.4 Å². The fourth-order valence-electron chi connectivity index (χ4n) is 4.92. The summed E-state index contributed by atoms with van der Waals surface area (Å²) in [6.07, 6.45) is -1.73. The van der Waals surface area contributed by atoms with E-state index in [4.69, 9.17) is 21.3 Å². The molecule has 0 radical (unpaired) electrons. The number of halogens is 4. The van der Waals surface area contributed by atoms with Gasteiger partial charge >= 0.3 is 12.3 Å². The highest BCUT2D eigenvalue weighted by atomic mass is 35.5. The zero-order chi connectivity index (χ0) is 25.3. The van der Waals surface area contributed by atoms with E-state index in [1.165, 1.54) is 24.3 Å². The molecule has 2 unspecified atom stereocenters. The van der Waals surface area contributed by atoms with Crippen LogP contribution in [0.15, 0.2) is 36.4 Å². The van der Waals surface area contributed by atoms with Gasteiger partial charge in [-0.05, 0) is 74.4 Å². The fourth-order valence-corrected chi connectivity index (χ4v) is 5.16. The van der Waals surface area contributed by atoms with Crippen LogP contribution in [0.25, 0.3) is 11.0 Å². The summed E-state index contributed by atoms with van der Waals surface area (Å²) in [5, 5.41) is 3.50. The van der Waals surface area contributed by atoms with Crippen LogP contribution < -0.4 is 10.1 Å². The lowest BCUT2D eigenvalue weighted by Gasteiger charge is -2.33. The first-order valence-electron chi connectivity index (χ1n) is 11.6. The van der Waals surface area contributed by atoms with Gasteiger partial charge in [0.15, 0.2) is 0 Å². The van der Waals surface area contributed by atoms with E-state index in [2.05, 4.69) is 28.5 Å². The molecule has 188 valence electrons. The van der Waals surface area contributed by atoms with E-state index >= 15 is 0 Å². The van der Waals surface area contributed by atoms with Crippen molar-refractivity contribution in [3.8, 4) is 5.75 Å². The third-order valence-electron chi connectivity index (χ3n) is 6.14. The average molecular weight is 510 g/mol. The molecular weight excluding hydrogens is 483 g/mol. The number of nitrogens with zero attached hydrogens (tertiary/aromatic N) is 2. The molecule has 2 atom stereocenters. The van der Waals surface area contributed by atoms with E-state index in [1.807, 2.05) is 0 Å². The van der Waals surface area contributed by atoms with Gasteiger partial charge in [0.05, 0.1) is 28.2 Å². The zero-order valence-electron chi connectivity index (χ0n) is 19.7. The first-order chi connectivity index (χ1) is 16.5. The maximum Gasteiger partial charge on any atom is 0.573 e. The van der Waals surface area contributed by atoms with Gasteiger partial charge in [-0.15, -0.1) is 13.2 Å². The van der Waals surface area contributed by atoms with E-state index in [9.17, 15) is 18.0 Å². The largest absolute Gasteiger partial charge is 0.573 e. The van der Waals surface area contributed by atoms with Crippen LogP contribution in [0.3, 0.4) is 0 Å². The Balaban J connectivity index is 1.75. The van der Waals surface area contributed by atoms with Crippen molar-refractivity contribution in [2.75, 3.05) is 11.9 Å². The van der Waals surface area contributed by atoms with E-state index in [1.54, 1.807) is 19.1 Å². The smallest absolute Gasteiger partial charge is 0.462 e. The van der Waals surface area contributed by atoms with Crippen LogP contribution in [-0.2, 0) is 4.74 Å². The predicted molar refractivity (Wildman–Crippen MR) is 128 cm³/mol. The number of nitrogens with one attached hydrogen (secondary N) is 1. The van der Waals surface area contributed by atoms with E-state index in [0.717, 1.165) is 24.8 Å². The molecule has 0 bridgehead atoms. The summed E-state index contributed by atoms with van der Waals surface area (Å²) in [4.78, 5) is 17.1. The number of hydrogen-bond acceptors (Lipinski definition) is 5. The third kappa shape index (κ3) is 5.83. The highest BCUT2D eigenvalue weighted by molar-refractivity contribution is 6.34. The quantitative estimate of drug-likeness (QED) is 0.348. The molecule has 10 heteroatoms. The molecule has 1 fully saturated rings. The van der Waals surface area contributed by atoms with E-state index in [-0.39, 0.29) is 29.0 Å². The molecule has 0 saturated heterocycles. The summed E-state index contributed by atoms with van der Waals surface area (Å²) in [7, 11) is 0. The van der Waals surface area contributed by atoms with Crippen LogP contribution in [0.1, 0.15) is 56.4 Å². The Morgan fingerprint density at radius 2 is 1.80 bits per heavy atom. The second kappa shape index (κ2) is 9.97. The number of anilines is 2. The van der Waals surface area contributed by atoms with Crippen molar-refractivity contribution in [2.24, 2.45) is 11.8 Å². The van der Waals surface area contributed by atoms with E-state index < -0.39 is 12.3 Å². The molecule has 1 N–H and O–H groups in total. The molecule has 1 aromatic heterocycles. The van der Waals surface area contributed by atoms with E-state index in [0.29, 0.717) is 29.0 Å². The summed E-state index contributed by atoms with van der Waals surface area (Å²) in [6, 6.07) is 8.95. The van der Waals surface area contributed by atoms with Crippen molar-refractivity contribution < 1.29 is 27.4 Å². The number of benzene rings is 2. The standard InChI is InChI=1S/C25H27ClF3N3O3/c1-4-34-23(33)19-12-21-22(13-20(19)26)32(17-10-14(2)9-15(3)11-17)24(31-21)30-16-5-7-18(8-6-16)35-25(27,28)29/h5-8,12-15,17H,4,9-11H2,1-3H3,(H,30,31). The van der Waals surface area contributed by atoms with Crippen molar-refractivity contribution in [3.05, 3.63) is 47.0 Å². The Labute approximate surface area is 206 Å². The van der Waals surface area contributed by atoms with Crippen LogP contribution in [0, 0.1) is 11.8 Å². The molecule has 1 aliphatic carbocycles. The van der Waals surface area contributed by atoms with Crippen LogP contribution in [0.4, 0.5) is 24.8 Å². The highest BCUT2D eigenvalue weighted by Gasteiger charge is 2.31. The molecule has 1 aliphatic rings. The van der Waals surface area contributed by atoms with Crippen molar-refractivity contribution in [1.82, 2.24) is 9.55 Å².